The minimum Gasteiger partial charge on any atom is -0.493 e. The number of fused-ring (bicyclic) bond motifs is 1. The van der Waals surface area contributed by atoms with Crippen LogP contribution < -0.4 is 4.74 Å². The van der Waals surface area contributed by atoms with Gasteiger partial charge < -0.3 is 9.64 Å². The summed E-state index contributed by atoms with van der Waals surface area (Å²) in [6, 6.07) is 7.22. The number of aromatic nitrogens is 2. The molecule has 0 saturated carbocycles. The minimum absolute atomic E-state index is 0.493. The molecule has 1 saturated heterocycles. The molecule has 0 aliphatic carbocycles. The van der Waals surface area contributed by atoms with Crippen molar-refractivity contribution in [3.63, 3.8) is 0 Å². The van der Waals surface area contributed by atoms with Crippen molar-refractivity contribution in [3.05, 3.63) is 47.3 Å². The van der Waals surface area contributed by atoms with Crippen LogP contribution in [0.1, 0.15) is 42.5 Å². The average molecular weight is 383 g/mol. The Balaban J connectivity index is 1.38. The molecule has 2 aliphatic heterocycles. The summed E-state index contributed by atoms with van der Waals surface area (Å²) in [7, 11) is 4.30. The summed E-state index contributed by atoms with van der Waals surface area (Å²) in [5, 5.41) is 4.44. The largest absolute Gasteiger partial charge is 0.493 e. The Kier molecular flexibility index (Phi) is 6.02. The first-order valence-corrected chi connectivity index (χ1v) is 10.8. The van der Waals surface area contributed by atoms with Crippen LogP contribution in [0, 0.1) is 5.92 Å². The first kappa shape index (κ1) is 19.5. The molecule has 2 aromatic rings. The van der Waals surface area contributed by atoms with Gasteiger partial charge in [0.1, 0.15) is 5.75 Å². The van der Waals surface area contributed by atoms with Crippen LogP contribution in [0.15, 0.2) is 30.6 Å². The van der Waals surface area contributed by atoms with Gasteiger partial charge in [0, 0.05) is 44.4 Å². The van der Waals surface area contributed by atoms with Crippen molar-refractivity contribution in [1.29, 1.82) is 0 Å². The third kappa shape index (κ3) is 4.26. The van der Waals surface area contributed by atoms with Gasteiger partial charge in [0.05, 0.1) is 12.8 Å². The lowest BCUT2D eigenvalue weighted by atomic mass is 9.85. The topological polar surface area (TPSA) is 33.5 Å². The van der Waals surface area contributed by atoms with Crippen LogP contribution in [0.5, 0.6) is 5.75 Å². The molecule has 5 heteroatoms. The number of piperidine rings is 1. The molecular weight excluding hydrogens is 348 g/mol. The molecule has 0 spiro atoms. The molecule has 1 aromatic heterocycles. The monoisotopic (exact) mass is 382 g/mol. The second kappa shape index (κ2) is 8.66. The molecule has 1 fully saturated rings. The molecule has 4 rings (SSSR count). The third-order valence-electron chi connectivity index (χ3n) is 6.41. The molecule has 0 unspecified atom stereocenters. The molecule has 3 heterocycles. The van der Waals surface area contributed by atoms with E-state index in [1.54, 1.807) is 0 Å². The van der Waals surface area contributed by atoms with Gasteiger partial charge in [-0.1, -0.05) is 19.1 Å². The second-order valence-corrected chi connectivity index (χ2v) is 8.48. The van der Waals surface area contributed by atoms with E-state index in [9.17, 15) is 0 Å². The quantitative estimate of drug-likeness (QED) is 0.736. The maximum atomic E-state index is 5.63. The molecule has 0 bridgehead atoms. The smallest absolute Gasteiger partial charge is 0.122 e. The Morgan fingerprint density at radius 3 is 3.00 bits per heavy atom. The average Bonchev–Trinajstić information content (AvgIpc) is 3.34. The van der Waals surface area contributed by atoms with Crippen LogP contribution in [0.3, 0.4) is 0 Å². The molecular formula is C23H34N4O. The fourth-order valence-electron chi connectivity index (χ4n) is 4.98. The van der Waals surface area contributed by atoms with Gasteiger partial charge in [-0.25, -0.2) is 0 Å². The lowest BCUT2D eigenvalue weighted by Gasteiger charge is -2.42. The number of likely N-dealkylation sites (N-methyl/N-ethyl adjacent to an activating group) is 1. The molecule has 2 atom stereocenters. The van der Waals surface area contributed by atoms with Crippen LogP contribution in [-0.4, -0.2) is 59.4 Å². The maximum absolute atomic E-state index is 5.63. The first-order valence-electron chi connectivity index (χ1n) is 10.8. The van der Waals surface area contributed by atoms with Gasteiger partial charge in [-0.05, 0) is 62.5 Å². The standard InChI is InChI=1S/C23H34N4O/c1-4-27-11-5-6-20(23(27)21-15-24-26(3)17-21)16-25(2)12-9-18-7-8-22-19(14-18)10-13-28-22/h7-8,14-15,17,20,23H,4-6,9-13,16H2,1-3H3/t20-,23+/m0/s1. The molecule has 0 N–H and O–H groups in total. The zero-order valence-electron chi connectivity index (χ0n) is 17.6. The molecule has 152 valence electrons. The lowest BCUT2D eigenvalue weighted by Crippen LogP contribution is -2.43. The van der Waals surface area contributed by atoms with Gasteiger partial charge in [-0.3, -0.25) is 9.58 Å². The normalized spacial score (nSPS) is 22.4. The van der Waals surface area contributed by atoms with Crippen molar-refractivity contribution < 1.29 is 4.74 Å². The Hall–Kier alpha value is -1.85. The fraction of sp³-hybridized carbons (Fsp3) is 0.609. The maximum Gasteiger partial charge on any atom is 0.122 e. The highest BCUT2D eigenvalue weighted by Gasteiger charge is 2.33. The summed E-state index contributed by atoms with van der Waals surface area (Å²) in [4.78, 5) is 5.16. The Bertz CT molecular complexity index is 787. The highest BCUT2D eigenvalue weighted by molar-refractivity contribution is 5.39. The summed E-state index contributed by atoms with van der Waals surface area (Å²) < 4.78 is 7.57. The minimum atomic E-state index is 0.493. The summed E-state index contributed by atoms with van der Waals surface area (Å²) >= 11 is 0. The third-order valence-corrected chi connectivity index (χ3v) is 6.41. The lowest BCUT2D eigenvalue weighted by molar-refractivity contribution is 0.0766. The van der Waals surface area contributed by atoms with E-state index in [0.717, 1.165) is 44.8 Å². The molecule has 1 aromatic carbocycles. The highest BCUT2D eigenvalue weighted by Crippen LogP contribution is 2.36. The summed E-state index contributed by atoms with van der Waals surface area (Å²) in [5.74, 6) is 1.75. The van der Waals surface area contributed by atoms with Crippen LogP contribution >= 0.6 is 0 Å². The van der Waals surface area contributed by atoms with Gasteiger partial charge in [0.2, 0.25) is 0 Å². The summed E-state index contributed by atoms with van der Waals surface area (Å²) in [6.07, 6.45) is 9.04. The van der Waals surface area contributed by atoms with Crippen molar-refractivity contribution >= 4 is 0 Å². The SMILES string of the molecule is CCN1CCC[C@@H](CN(C)CCc2ccc3c(c2)CCO3)[C@@H]1c1cnn(C)c1. The Labute approximate surface area is 169 Å². The van der Waals surface area contributed by atoms with Crippen LogP contribution in [0.4, 0.5) is 0 Å². The Morgan fingerprint density at radius 2 is 2.21 bits per heavy atom. The van der Waals surface area contributed by atoms with Crippen molar-refractivity contribution in [1.82, 2.24) is 19.6 Å². The van der Waals surface area contributed by atoms with E-state index in [-0.39, 0.29) is 0 Å². The number of rotatable bonds is 7. The highest BCUT2D eigenvalue weighted by atomic mass is 16.5. The van der Waals surface area contributed by atoms with Crippen molar-refractivity contribution in [2.24, 2.45) is 13.0 Å². The zero-order chi connectivity index (χ0) is 19.5. The van der Waals surface area contributed by atoms with Crippen LogP contribution in [0.2, 0.25) is 0 Å². The van der Waals surface area contributed by atoms with E-state index in [4.69, 9.17) is 4.74 Å². The molecule has 5 nitrogen and oxygen atoms in total. The summed E-state index contributed by atoms with van der Waals surface area (Å²) in [5.41, 5.74) is 4.18. The van der Waals surface area contributed by atoms with E-state index >= 15 is 0 Å². The number of likely N-dealkylation sites (tertiary alicyclic amines) is 1. The van der Waals surface area contributed by atoms with E-state index in [1.807, 2.05) is 11.7 Å². The number of ether oxygens (including phenoxy) is 1. The molecule has 28 heavy (non-hydrogen) atoms. The number of nitrogens with zero attached hydrogens (tertiary/aromatic N) is 4. The summed E-state index contributed by atoms with van der Waals surface area (Å²) in [6.45, 7) is 7.67. The van der Waals surface area contributed by atoms with Crippen LogP contribution in [-0.2, 0) is 19.9 Å². The number of hydrogen-bond acceptors (Lipinski definition) is 4. The van der Waals surface area contributed by atoms with Crippen LogP contribution in [0.25, 0.3) is 0 Å². The van der Waals surface area contributed by atoms with E-state index < -0.39 is 0 Å². The van der Waals surface area contributed by atoms with Crippen molar-refractivity contribution in [3.8, 4) is 5.75 Å². The molecule has 2 aliphatic rings. The number of aryl methyl sites for hydroxylation is 1. The van der Waals surface area contributed by atoms with Gasteiger partial charge in [0.25, 0.3) is 0 Å². The molecule has 0 amide bonds. The molecule has 0 radical (unpaired) electrons. The van der Waals surface area contributed by atoms with E-state index in [0.29, 0.717) is 12.0 Å². The second-order valence-electron chi connectivity index (χ2n) is 8.48. The zero-order valence-corrected chi connectivity index (χ0v) is 17.6. The number of benzene rings is 1. The number of hydrogen-bond donors (Lipinski definition) is 0. The van der Waals surface area contributed by atoms with Crippen molar-refractivity contribution in [2.45, 2.75) is 38.6 Å². The van der Waals surface area contributed by atoms with Gasteiger partial charge in [0.15, 0.2) is 0 Å². The van der Waals surface area contributed by atoms with Gasteiger partial charge in [-0.15, -0.1) is 0 Å². The predicted octanol–water partition coefficient (Wildman–Crippen LogP) is 3.30. The van der Waals surface area contributed by atoms with Gasteiger partial charge in [-0.2, -0.15) is 5.10 Å². The predicted molar refractivity (Wildman–Crippen MR) is 113 cm³/mol. The van der Waals surface area contributed by atoms with E-state index in [2.05, 4.69) is 59.5 Å². The van der Waals surface area contributed by atoms with E-state index in [1.165, 1.54) is 36.1 Å². The fourth-order valence-corrected chi connectivity index (χ4v) is 4.98. The van der Waals surface area contributed by atoms with Gasteiger partial charge >= 0.3 is 0 Å². The van der Waals surface area contributed by atoms with Crippen molar-refractivity contribution in [2.75, 3.05) is 39.8 Å². The first-order chi connectivity index (χ1) is 13.6. The Morgan fingerprint density at radius 1 is 1.32 bits per heavy atom.